The van der Waals surface area contributed by atoms with Gasteiger partial charge in [-0.15, -0.1) is 0 Å². The van der Waals surface area contributed by atoms with Gasteiger partial charge in [0.2, 0.25) is 0 Å². The molecule has 5 nitrogen and oxygen atoms in total. The Labute approximate surface area is 167 Å². The van der Waals surface area contributed by atoms with Crippen molar-refractivity contribution in [3.8, 4) is 0 Å². The van der Waals surface area contributed by atoms with Crippen LogP contribution in [0.4, 0.5) is 4.39 Å². The van der Waals surface area contributed by atoms with Crippen molar-refractivity contribution in [2.75, 3.05) is 13.1 Å². The smallest absolute Gasteiger partial charge is 0.191 e. The van der Waals surface area contributed by atoms with Crippen LogP contribution in [-0.2, 0) is 18.9 Å². The molecule has 0 bridgehead atoms. The number of hydrogen-bond donors (Lipinski definition) is 2. The molecule has 0 radical (unpaired) electrons. The van der Waals surface area contributed by atoms with Gasteiger partial charge in [0.05, 0.1) is 12.2 Å². The quantitative estimate of drug-likeness (QED) is 0.567. The summed E-state index contributed by atoms with van der Waals surface area (Å²) in [5.41, 5.74) is 4.62. The van der Waals surface area contributed by atoms with Crippen molar-refractivity contribution in [2.24, 2.45) is 12.0 Å². The van der Waals surface area contributed by atoms with E-state index in [-0.39, 0.29) is 17.3 Å². The zero-order chi connectivity index (χ0) is 20.3. The van der Waals surface area contributed by atoms with Gasteiger partial charge in [-0.25, -0.2) is 4.39 Å². The summed E-state index contributed by atoms with van der Waals surface area (Å²) in [5.74, 6) is 0.644. The summed E-state index contributed by atoms with van der Waals surface area (Å²) in [5, 5.41) is 11.4. The largest absolute Gasteiger partial charge is 0.357 e. The van der Waals surface area contributed by atoms with Crippen molar-refractivity contribution in [3.05, 3.63) is 52.6 Å². The van der Waals surface area contributed by atoms with Gasteiger partial charge in [-0.3, -0.25) is 9.67 Å². The van der Waals surface area contributed by atoms with Gasteiger partial charge >= 0.3 is 0 Å². The molecule has 1 fully saturated rings. The molecule has 0 aliphatic heterocycles. The molecule has 1 aromatic carbocycles. The van der Waals surface area contributed by atoms with Crippen LogP contribution in [0.15, 0.2) is 29.3 Å². The van der Waals surface area contributed by atoms with E-state index < -0.39 is 0 Å². The first-order chi connectivity index (χ1) is 13.3. The first-order valence-corrected chi connectivity index (χ1v) is 10.1. The molecule has 152 valence electrons. The molecule has 28 heavy (non-hydrogen) atoms. The lowest BCUT2D eigenvalue weighted by Gasteiger charge is -2.20. The molecule has 2 N–H and O–H groups in total. The Bertz CT molecular complexity index is 851. The standard InChI is InChI=1S/C22H32FN5/c1-6-24-21(26-15(2)12-20-16(3)27-28(5)17(20)4)25-14-22(10-11-22)18-8-7-9-19(23)13-18/h7-9,13,15H,6,10-12,14H2,1-5H3,(H2,24,25,26). The summed E-state index contributed by atoms with van der Waals surface area (Å²) in [6, 6.07) is 7.18. The number of aliphatic imine (C=N–C) groups is 1. The van der Waals surface area contributed by atoms with Gasteiger partial charge in [0.15, 0.2) is 5.96 Å². The molecule has 1 aliphatic carbocycles. The van der Waals surface area contributed by atoms with Crippen molar-refractivity contribution in [2.45, 2.75) is 58.4 Å². The normalized spacial score (nSPS) is 16.7. The Morgan fingerprint density at radius 1 is 1.36 bits per heavy atom. The Hall–Kier alpha value is -2.37. The highest BCUT2D eigenvalue weighted by atomic mass is 19.1. The second-order valence-corrected chi connectivity index (χ2v) is 8.01. The first kappa shape index (κ1) is 20.4. The van der Waals surface area contributed by atoms with Crippen LogP contribution in [0.5, 0.6) is 0 Å². The topological polar surface area (TPSA) is 54.2 Å². The third-order valence-corrected chi connectivity index (χ3v) is 5.73. The maximum atomic E-state index is 13.6. The van der Waals surface area contributed by atoms with Crippen LogP contribution in [0.25, 0.3) is 0 Å². The molecular formula is C22H32FN5. The number of hydrogen-bond acceptors (Lipinski definition) is 2. The van der Waals surface area contributed by atoms with Crippen LogP contribution in [0.1, 0.15) is 49.2 Å². The van der Waals surface area contributed by atoms with E-state index in [0.717, 1.165) is 43.0 Å². The van der Waals surface area contributed by atoms with Gasteiger partial charge in [-0.05, 0) is 70.2 Å². The van der Waals surface area contributed by atoms with Crippen LogP contribution in [-0.4, -0.2) is 34.9 Å². The number of halogens is 1. The number of aromatic nitrogens is 2. The van der Waals surface area contributed by atoms with Crippen molar-refractivity contribution in [1.29, 1.82) is 0 Å². The molecule has 2 aromatic rings. The third kappa shape index (κ3) is 4.54. The molecule has 1 saturated carbocycles. The van der Waals surface area contributed by atoms with Crippen LogP contribution >= 0.6 is 0 Å². The molecule has 0 amide bonds. The van der Waals surface area contributed by atoms with Crippen molar-refractivity contribution in [3.63, 3.8) is 0 Å². The van der Waals surface area contributed by atoms with E-state index in [1.807, 2.05) is 17.8 Å². The fourth-order valence-corrected chi connectivity index (χ4v) is 3.76. The maximum Gasteiger partial charge on any atom is 0.191 e. The summed E-state index contributed by atoms with van der Waals surface area (Å²) in [6.45, 7) is 9.87. The SMILES string of the molecule is CCNC(=NCC1(c2cccc(F)c2)CC1)NC(C)Cc1c(C)nn(C)c1C. The molecule has 1 atom stereocenters. The van der Waals surface area contributed by atoms with Crippen molar-refractivity contribution in [1.82, 2.24) is 20.4 Å². The van der Waals surface area contributed by atoms with Crippen LogP contribution in [0, 0.1) is 19.7 Å². The highest BCUT2D eigenvalue weighted by molar-refractivity contribution is 5.80. The van der Waals surface area contributed by atoms with E-state index in [9.17, 15) is 4.39 Å². The van der Waals surface area contributed by atoms with Crippen molar-refractivity contribution >= 4 is 5.96 Å². The van der Waals surface area contributed by atoms with E-state index in [0.29, 0.717) is 6.54 Å². The number of nitrogens with zero attached hydrogens (tertiary/aromatic N) is 3. The van der Waals surface area contributed by atoms with E-state index in [4.69, 9.17) is 4.99 Å². The van der Waals surface area contributed by atoms with Crippen LogP contribution in [0.2, 0.25) is 0 Å². The number of guanidine groups is 1. The van der Waals surface area contributed by atoms with Gasteiger partial charge in [0, 0.05) is 30.7 Å². The molecular weight excluding hydrogens is 353 g/mol. The Balaban J connectivity index is 1.67. The molecule has 0 spiro atoms. The molecule has 1 aromatic heterocycles. The van der Waals surface area contributed by atoms with Gasteiger partial charge in [0.25, 0.3) is 0 Å². The second-order valence-electron chi connectivity index (χ2n) is 8.01. The molecule has 0 saturated heterocycles. The van der Waals surface area contributed by atoms with Gasteiger partial charge < -0.3 is 10.6 Å². The number of rotatable bonds is 7. The van der Waals surface area contributed by atoms with E-state index in [1.54, 1.807) is 12.1 Å². The minimum Gasteiger partial charge on any atom is -0.357 e. The van der Waals surface area contributed by atoms with Gasteiger partial charge in [-0.2, -0.15) is 5.10 Å². The maximum absolute atomic E-state index is 13.6. The van der Waals surface area contributed by atoms with Crippen LogP contribution < -0.4 is 10.6 Å². The summed E-state index contributed by atoms with van der Waals surface area (Å²) in [6.07, 6.45) is 3.01. The van der Waals surface area contributed by atoms with Crippen LogP contribution in [0.3, 0.4) is 0 Å². The lowest BCUT2D eigenvalue weighted by molar-refractivity contribution is 0.612. The molecule has 3 rings (SSSR count). The third-order valence-electron chi connectivity index (χ3n) is 5.73. The predicted molar refractivity (Wildman–Crippen MR) is 112 cm³/mol. The molecule has 6 heteroatoms. The van der Waals surface area contributed by atoms with Gasteiger partial charge in [-0.1, -0.05) is 12.1 Å². The number of nitrogens with one attached hydrogen (secondary N) is 2. The highest BCUT2D eigenvalue weighted by Gasteiger charge is 2.44. The zero-order valence-corrected chi connectivity index (χ0v) is 17.6. The van der Waals surface area contributed by atoms with E-state index >= 15 is 0 Å². The number of benzene rings is 1. The molecule has 1 unspecified atom stereocenters. The summed E-state index contributed by atoms with van der Waals surface area (Å²) >= 11 is 0. The molecule has 1 aliphatic rings. The lowest BCUT2D eigenvalue weighted by atomic mass is 9.96. The minimum atomic E-state index is -0.173. The monoisotopic (exact) mass is 385 g/mol. The summed E-state index contributed by atoms with van der Waals surface area (Å²) < 4.78 is 15.6. The fraction of sp³-hybridized carbons (Fsp3) is 0.545. The number of aryl methyl sites for hydroxylation is 2. The molecule has 1 heterocycles. The average molecular weight is 386 g/mol. The van der Waals surface area contributed by atoms with E-state index in [2.05, 4.69) is 43.4 Å². The fourth-order valence-electron chi connectivity index (χ4n) is 3.76. The van der Waals surface area contributed by atoms with Gasteiger partial charge in [0.1, 0.15) is 5.82 Å². The first-order valence-electron chi connectivity index (χ1n) is 10.1. The van der Waals surface area contributed by atoms with Crippen molar-refractivity contribution < 1.29 is 4.39 Å². The predicted octanol–water partition coefficient (Wildman–Crippen LogP) is 3.39. The van der Waals surface area contributed by atoms with E-state index in [1.165, 1.54) is 17.3 Å². The Morgan fingerprint density at radius 3 is 2.68 bits per heavy atom. The zero-order valence-electron chi connectivity index (χ0n) is 17.6. The Kier molecular flexibility index (Phi) is 6.06. The summed E-state index contributed by atoms with van der Waals surface area (Å²) in [4.78, 5) is 4.84. The minimum absolute atomic E-state index is 0.00971. The lowest BCUT2D eigenvalue weighted by Crippen LogP contribution is -2.43. The highest BCUT2D eigenvalue weighted by Crippen LogP contribution is 2.48. The second kappa shape index (κ2) is 8.33. The summed E-state index contributed by atoms with van der Waals surface area (Å²) in [7, 11) is 1.98. The average Bonchev–Trinajstić information content (AvgIpc) is 3.40. The Morgan fingerprint density at radius 2 is 2.11 bits per heavy atom.